The zero-order valence-corrected chi connectivity index (χ0v) is 20.5. The third-order valence-corrected chi connectivity index (χ3v) is 6.28. The molecule has 0 aliphatic rings. The average molecular weight is 471 g/mol. The SMILES string of the molecule is CCCCc1nc2ccc(N(C)C(=O)NC)cc2n1-c1ccc(-c2ccccc2C(=O)O)c(C)c1. The quantitative estimate of drug-likeness (QED) is 0.356. The number of benzene rings is 3. The highest BCUT2D eigenvalue weighted by Crippen LogP contribution is 2.32. The molecule has 0 saturated carbocycles. The van der Waals surface area contributed by atoms with E-state index in [4.69, 9.17) is 4.98 Å². The first-order valence-corrected chi connectivity index (χ1v) is 11.8. The van der Waals surface area contributed by atoms with Crippen molar-refractivity contribution in [1.29, 1.82) is 0 Å². The van der Waals surface area contributed by atoms with Crippen molar-refractivity contribution in [2.45, 2.75) is 33.1 Å². The van der Waals surface area contributed by atoms with Crippen LogP contribution in [0.4, 0.5) is 10.5 Å². The van der Waals surface area contributed by atoms with Gasteiger partial charge in [-0.25, -0.2) is 14.6 Å². The van der Waals surface area contributed by atoms with Crippen LogP contribution in [0, 0.1) is 6.92 Å². The third kappa shape index (κ3) is 4.62. The summed E-state index contributed by atoms with van der Waals surface area (Å²) in [6.45, 7) is 4.15. The summed E-state index contributed by atoms with van der Waals surface area (Å²) in [6.07, 6.45) is 2.89. The molecular formula is C28H30N4O3. The lowest BCUT2D eigenvalue weighted by molar-refractivity contribution is 0.0697. The van der Waals surface area contributed by atoms with Gasteiger partial charge in [-0.2, -0.15) is 0 Å². The van der Waals surface area contributed by atoms with Crippen LogP contribution in [0.2, 0.25) is 0 Å². The summed E-state index contributed by atoms with van der Waals surface area (Å²) in [5, 5.41) is 12.3. The molecule has 1 heterocycles. The number of nitrogens with one attached hydrogen (secondary N) is 1. The Balaban J connectivity index is 1.87. The van der Waals surface area contributed by atoms with Crippen LogP contribution in [0.3, 0.4) is 0 Å². The number of urea groups is 1. The van der Waals surface area contributed by atoms with Crippen molar-refractivity contribution in [3.05, 3.63) is 77.6 Å². The Morgan fingerprint density at radius 2 is 1.83 bits per heavy atom. The highest BCUT2D eigenvalue weighted by molar-refractivity contribution is 5.97. The van der Waals surface area contributed by atoms with Crippen molar-refractivity contribution < 1.29 is 14.7 Å². The molecule has 2 amide bonds. The fourth-order valence-electron chi connectivity index (χ4n) is 4.39. The maximum Gasteiger partial charge on any atom is 0.336 e. The number of carboxylic acid groups (broad SMARTS) is 1. The summed E-state index contributed by atoms with van der Waals surface area (Å²) in [5.41, 5.74) is 6.33. The number of amides is 2. The van der Waals surface area contributed by atoms with Gasteiger partial charge in [0.25, 0.3) is 0 Å². The zero-order valence-electron chi connectivity index (χ0n) is 20.5. The van der Waals surface area contributed by atoms with Gasteiger partial charge in [0.2, 0.25) is 0 Å². The number of aromatic nitrogens is 2. The minimum Gasteiger partial charge on any atom is -0.478 e. The lowest BCUT2D eigenvalue weighted by atomic mass is 9.95. The number of hydrogen-bond donors (Lipinski definition) is 2. The topological polar surface area (TPSA) is 87.5 Å². The predicted molar refractivity (Wildman–Crippen MR) is 140 cm³/mol. The normalized spacial score (nSPS) is 11.0. The lowest BCUT2D eigenvalue weighted by Crippen LogP contribution is -2.34. The Hall–Kier alpha value is -4.13. The Labute approximate surface area is 205 Å². The summed E-state index contributed by atoms with van der Waals surface area (Å²) in [7, 11) is 3.34. The molecule has 1 aromatic heterocycles. The van der Waals surface area contributed by atoms with E-state index in [1.165, 1.54) is 0 Å². The van der Waals surface area contributed by atoms with Gasteiger partial charge in [-0.1, -0.05) is 37.6 Å². The Morgan fingerprint density at radius 3 is 2.51 bits per heavy atom. The fraction of sp³-hybridized carbons (Fsp3) is 0.250. The highest BCUT2D eigenvalue weighted by Gasteiger charge is 2.18. The van der Waals surface area contributed by atoms with Gasteiger partial charge >= 0.3 is 12.0 Å². The van der Waals surface area contributed by atoms with E-state index in [-0.39, 0.29) is 11.6 Å². The van der Waals surface area contributed by atoms with Gasteiger partial charge in [0.05, 0.1) is 16.6 Å². The molecule has 0 aliphatic carbocycles. The van der Waals surface area contributed by atoms with Gasteiger partial charge in [-0.3, -0.25) is 9.47 Å². The second kappa shape index (κ2) is 10.0. The van der Waals surface area contributed by atoms with Crippen LogP contribution in [-0.2, 0) is 6.42 Å². The standard InChI is InChI=1S/C28H30N4O3/c1-5-6-11-26-30-24-15-13-19(31(4)28(35)29-3)17-25(24)32(26)20-12-14-21(18(2)16-20)22-9-7-8-10-23(22)27(33)34/h7-10,12-17H,5-6,11H2,1-4H3,(H,29,35)(H,33,34). The molecule has 0 aliphatic heterocycles. The molecule has 3 aromatic carbocycles. The number of anilines is 1. The molecule has 0 atom stereocenters. The van der Waals surface area contributed by atoms with E-state index in [9.17, 15) is 14.7 Å². The molecule has 4 aromatic rings. The Morgan fingerprint density at radius 1 is 1.06 bits per heavy atom. The van der Waals surface area contributed by atoms with Crippen molar-refractivity contribution in [2.75, 3.05) is 19.0 Å². The molecule has 7 heteroatoms. The number of imidazole rings is 1. The van der Waals surface area contributed by atoms with Crippen LogP contribution >= 0.6 is 0 Å². The summed E-state index contributed by atoms with van der Waals surface area (Å²) < 4.78 is 2.14. The fourth-order valence-corrected chi connectivity index (χ4v) is 4.39. The van der Waals surface area contributed by atoms with Crippen molar-refractivity contribution in [3.8, 4) is 16.8 Å². The molecule has 7 nitrogen and oxygen atoms in total. The largest absolute Gasteiger partial charge is 0.478 e. The number of rotatable bonds is 7. The number of hydrogen-bond acceptors (Lipinski definition) is 3. The summed E-state index contributed by atoms with van der Waals surface area (Å²) >= 11 is 0. The highest BCUT2D eigenvalue weighted by atomic mass is 16.4. The molecule has 0 radical (unpaired) electrons. The lowest BCUT2D eigenvalue weighted by Gasteiger charge is -2.17. The second-order valence-corrected chi connectivity index (χ2v) is 8.60. The first-order chi connectivity index (χ1) is 16.8. The molecule has 0 unspecified atom stereocenters. The monoisotopic (exact) mass is 470 g/mol. The number of aromatic carboxylic acids is 1. The van der Waals surface area contributed by atoms with E-state index in [0.717, 1.165) is 58.6 Å². The first kappa shape index (κ1) is 24.0. The van der Waals surface area contributed by atoms with E-state index in [1.54, 1.807) is 31.1 Å². The molecule has 4 rings (SSSR count). The van der Waals surface area contributed by atoms with Crippen LogP contribution in [-0.4, -0.2) is 40.8 Å². The van der Waals surface area contributed by atoms with Crippen LogP contribution < -0.4 is 10.2 Å². The average Bonchev–Trinajstić information content (AvgIpc) is 3.23. The molecule has 0 spiro atoms. The number of aryl methyl sites for hydroxylation is 2. The van der Waals surface area contributed by atoms with Crippen molar-refractivity contribution in [2.24, 2.45) is 0 Å². The maximum atomic E-state index is 12.2. The van der Waals surface area contributed by atoms with Gasteiger partial charge < -0.3 is 10.4 Å². The summed E-state index contributed by atoms with van der Waals surface area (Å²) in [5.74, 6) is 0.0129. The third-order valence-electron chi connectivity index (χ3n) is 6.28. The number of carbonyl (C=O) groups is 2. The Kier molecular flexibility index (Phi) is 6.87. The zero-order chi connectivity index (χ0) is 25.1. The van der Waals surface area contributed by atoms with Crippen molar-refractivity contribution >= 4 is 28.7 Å². The molecule has 0 saturated heterocycles. The van der Waals surface area contributed by atoms with Crippen LogP contribution in [0.25, 0.3) is 27.8 Å². The van der Waals surface area contributed by atoms with E-state index in [0.29, 0.717) is 5.56 Å². The first-order valence-electron chi connectivity index (χ1n) is 11.8. The minimum atomic E-state index is -0.945. The van der Waals surface area contributed by atoms with Crippen molar-refractivity contribution in [3.63, 3.8) is 0 Å². The van der Waals surface area contributed by atoms with Gasteiger partial charge in [0.15, 0.2) is 0 Å². The number of fused-ring (bicyclic) bond motifs is 1. The van der Waals surface area contributed by atoms with E-state index in [2.05, 4.69) is 22.9 Å². The van der Waals surface area contributed by atoms with Crippen LogP contribution in [0.5, 0.6) is 0 Å². The molecule has 0 fully saturated rings. The second-order valence-electron chi connectivity index (χ2n) is 8.60. The minimum absolute atomic E-state index is 0.195. The van der Waals surface area contributed by atoms with E-state index >= 15 is 0 Å². The number of nitrogens with zero attached hydrogens (tertiary/aromatic N) is 3. The summed E-state index contributed by atoms with van der Waals surface area (Å²) in [4.78, 5) is 30.4. The molecule has 2 N–H and O–H groups in total. The van der Waals surface area contributed by atoms with Crippen molar-refractivity contribution in [1.82, 2.24) is 14.9 Å². The van der Waals surface area contributed by atoms with Gasteiger partial charge in [-0.05, 0) is 66.4 Å². The van der Waals surface area contributed by atoms with E-state index < -0.39 is 5.97 Å². The Bertz CT molecular complexity index is 1410. The predicted octanol–water partition coefficient (Wildman–Crippen LogP) is 5.82. The van der Waals surface area contributed by atoms with E-state index in [1.807, 2.05) is 49.4 Å². The number of carbonyl (C=O) groups excluding carboxylic acids is 1. The molecule has 35 heavy (non-hydrogen) atoms. The maximum absolute atomic E-state index is 12.2. The number of unbranched alkanes of at least 4 members (excludes halogenated alkanes) is 1. The molecule has 0 bridgehead atoms. The smallest absolute Gasteiger partial charge is 0.336 e. The van der Waals surface area contributed by atoms with Crippen LogP contribution in [0.15, 0.2) is 60.7 Å². The van der Waals surface area contributed by atoms with Crippen LogP contribution in [0.1, 0.15) is 41.5 Å². The van der Waals surface area contributed by atoms with Gasteiger partial charge in [0.1, 0.15) is 5.82 Å². The number of carboxylic acids is 1. The van der Waals surface area contributed by atoms with Gasteiger partial charge in [0, 0.05) is 31.9 Å². The van der Waals surface area contributed by atoms with Gasteiger partial charge in [-0.15, -0.1) is 0 Å². The molecule has 180 valence electrons. The summed E-state index contributed by atoms with van der Waals surface area (Å²) in [6, 6.07) is 18.7. The molecular weight excluding hydrogens is 440 g/mol.